The molecule has 0 radical (unpaired) electrons. The van der Waals surface area contributed by atoms with Gasteiger partial charge in [-0.1, -0.05) is 6.07 Å². The zero-order chi connectivity index (χ0) is 16.2. The Kier molecular flexibility index (Phi) is 4.76. The molecule has 0 unspecified atom stereocenters. The smallest absolute Gasteiger partial charge is 0.255 e. The van der Waals surface area contributed by atoms with Crippen LogP contribution >= 0.6 is 0 Å². The van der Waals surface area contributed by atoms with Gasteiger partial charge in [-0.15, -0.1) is 0 Å². The van der Waals surface area contributed by atoms with Gasteiger partial charge in [-0.3, -0.25) is 9.78 Å². The predicted molar refractivity (Wildman–Crippen MR) is 86.2 cm³/mol. The molecule has 5 nitrogen and oxygen atoms in total. The number of hydrogen-bond donors (Lipinski definition) is 1. The second-order valence-electron chi connectivity index (χ2n) is 6.01. The molecule has 122 valence electrons. The molecule has 1 fully saturated rings. The number of nitrogens with zero attached hydrogens (tertiary/aromatic N) is 1. The van der Waals surface area contributed by atoms with Crippen LogP contribution in [0.15, 0.2) is 35.0 Å². The summed E-state index contributed by atoms with van der Waals surface area (Å²) in [6.45, 7) is 5.14. The molecular weight excluding hydrogens is 292 g/mol. The summed E-state index contributed by atoms with van der Waals surface area (Å²) >= 11 is 0. The molecule has 1 aliphatic rings. The molecule has 2 aromatic rings. The first kappa shape index (κ1) is 15.7. The van der Waals surface area contributed by atoms with Crippen molar-refractivity contribution < 1.29 is 13.9 Å². The number of aromatic nitrogens is 1. The molecule has 1 amide bonds. The highest BCUT2D eigenvalue weighted by atomic mass is 16.5. The minimum atomic E-state index is -0.0975. The van der Waals surface area contributed by atoms with E-state index in [4.69, 9.17) is 9.15 Å². The first-order valence-electron chi connectivity index (χ1n) is 8.00. The second kappa shape index (κ2) is 6.96. The van der Waals surface area contributed by atoms with Crippen LogP contribution in [0.2, 0.25) is 0 Å². The van der Waals surface area contributed by atoms with E-state index in [0.29, 0.717) is 17.2 Å². The van der Waals surface area contributed by atoms with Gasteiger partial charge in [0.1, 0.15) is 11.5 Å². The fraction of sp³-hybridized carbons (Fsp3) is 0.444. The van der Waals surface area contributed by atoms with Crippen LogP contribution < -0.4 is 5.32 Å². The van der Waals surface area contributed by atoms with E-state index in [2.05, 4.69) is 10.3 Å². The number of furan rings is 1. The molecule has 1 atom stereocenters. The summed E-state index contributed by atoms with van der Waals surface area (Å²) in [6, 6.07) is 5.64. The van der Waals surface area contributed by atoms with Crippen molar-refractivity contribution in [3.8, 4) is 0 Å². The first-order chi connectivity index (χ1) is 11.1. The van der Waals surface area contributed by atoms with Crippen molar-refractivity contribution >= 4 is 5.91 Å². The van der Waals surface area contributed by atoms with Gasteiger partial charge in [0, 0.05) is 25.6 Å². The van der Waals surface area contributed by atoms with E-state index in [9.17, 15) is 4.79 Å². The molecule has 1 aliphatic heterocycles. The Bertz CT molecular complexity index is 660. The Hall–Kier alpha value is -2.14. The van der Waals surface area contributed by atoms with Crippen molar-refractivity contribution in [1.82, 2.24) is 10.3 Å². The average Bonchev–Trinajstić information content (AvgIpc) is 2.92. The lowest BCUT2D eigenvalue weighted by Crippen LogP contribution is -2.36. The number of carbonyl (C=O) groups excluding carboxylic acids is 1. The van der Waals surface area contributed by atoms with Crippen LogP contribution in [0.25, 0.3) is 0 Å². The molecule has 23 heavy (non-hydrogen) atoms. The van der Waals surface area contributed by atoms with Gasteiger partial charge < -0.3 is 14.5 Å². The lowest BCUT2D eigenvalue weighted by Gasteiger charge is -2.31. The van der Waals surface area contributed by atoms with Gasteiger partial charge in [0.2, 0.25) is 0 Å². The normalized spacial score (nSPS) is 17.0. The van der Waals surface area contributed by atoms with Crippen molar-refractivity contribution in [2.24, 2.45) is 5.92 Å². The third kappa shape index (κ3) is 3.62. The summed E-state index contributed by atoms with van der Waals surface area (Å²) in [7, 11) is 0. The lowest BCUT2D eigenvalue weighted by atomic mass is 9.87. The van der Waals surface area contributed by atoms with E-state index >= 15 is 0 Å². The van der Waals surface area contributed by atoms with Crippen molar-refractivity contribution in [1.29, 1.82) is 0 Å². The Morgan fingerprint density at radius 3 is 2.74 bits per heavy atom. The molecular formula is C18H22N2O3. The molecule has 0 aliphatic carbocycles. The number of rotatable bonds is 4. The summed E-state index contributed by atoms with van der Waals surface area (Å²) in [6.07, 6.45) is 5.44. The Balaban J connectivity index is 1.83. The fourth-order valence-electron chi connectivity index (χ4n) is 3.16. The number of nitrogens with one attached hydrogen (secondary N) is 1. The maximum atomic E-state index is 12.7. The van der Waals surface area contributed by atoms with E-state index in [1.54, 1.807) is 12.3 Å². The first-order valence-corrected chi connectivity index (χ1v) is 8.00. The summed E-state index contributed by atoms with van der Waals surface area (Å²) in [5.74, 6) is 1.65. The Morgan fingerprint density at radius 2 is 2.13 bits per heavy atom. The minimum absolute atomic E-state index is 0.0605. The van der Waals surface area contributed by atoms with Crippen molar-refractivity contribution in [3.63, 3.8) is 0 Å². The monoisotopic (exact) mass is 314 g/mol. The molecule has 1 N–H and O–H groups in total. The van der Waals surface area contributed by atoms with Gasteiger partial charge in [-0.05, 0) is 50.3 Å². The molecule has 5 heteroatoms. The average molecular weight is 314 g/mol. The van der Waals surface area contributed by atoms with Gasteiger partial charge in [-0.25, -0.2) is 0 Å². The van der Waals surface area contributed by atoms with E-state index in [0.717, 1.165) is 37.4 Å². The highest BCUT2D eigenvalue weighted by Crippen LogP contribution is 2.30. The summed E-state index contributed by atoms with van der Waals surface area (Å²) in [4.78, 5) is 16.9. The van der Waals surface area contributed by atoms with Crippen LogP contribution in [0.5, 0.6) is 0 Å². The van der Waals surface area contributed by atoms with Gasteiger partial charge in [0.25, 0.3) is 5.91 Å². The minimum Gasteiger partial charge on any atom is -0.466 e. The second-order valence-corrected chi connectivity index (χ2v) is 6.01. The Labute approximate surface area is 136 Å². The molecule has 0 bridgehead atoms. The third-order valence-electron chi connectivity index (χ3n) is 4.35. The maximum absolute atomic E-state index is 12.7. The van der Waals surface area contributed by atoms with Gasteiger partial charge in [0.15, 0.2) is 0 Å². The fourth-order valence-corrected chi connectivity index (χ4v) is 3.16. The SMILES string of the molecule is Cc1cc(C(=O)N[C@@H](c2cccnc2)C2CCOCC2)c(C)o1. The van der Waals surface area contributed by atoms with Gasteiger partial charge in [-0.2, -0.15) is 0 Å². The van der Waals surface area contributed by atoms with E-state index < -0.39 is 0 Å². The van der Waals surface area contributed by atoms with Gasteiger partial charge >= 0.3 is 0 Å². The number of amides is 1. The number of ether oxygens (including phenoxy) is 1. The summed E-state index contributed by atoms with van der Waals surface area (Å²) in [5, 5.41) is 3.18. The molecule has 0 spiro atoms. The zero-order valence-electron chi connectivity index (χ0n) is 13.5. The van der Waals surface area contributed by atoms with Crippen molar-refractivity contribution in [3.05, 3.63) is 53.2 Å². The van der Waals surface area contributed by atoms with Crippen molar-refractivity contribution in [2.75, 3.05) is 13.2 Å². The lowest BCUT2D eigenvalue weighted by molar-refractivity contribution is 0.0513. The molecule has 0 aromatic carbocycles. The standard InChI is InChI=1S/C18H22N2O3/c1-12-10-16(13(2)23-12)18(21)20-17(14-5-8-22-9-6-14)15-4-3-7-19-11-15/h3-4,7,10-11,14,17H,5-6,8-9H2,1-2H3,(H,20,21)/t17-/m1/s1. The quantitative estimate of drug-likeness (QED) is 0.941. The molecule has 1 saturated heterocycles. The van der Waals surface area contributed by atoms with Crippen LogP contribution in [0, 0.1) is 19.8 Å². The largest absolute Gasteiger partial charge is 0.466 e. The van der Waals surface area contributed by atoms with Crippen LogP contribution in [0.3, 0.4) is 0 Å². The van der Waals surface area contributed by atoms with Crippen LogP contribution in [0.1, 0.15) is 46.3 Å². The van der Waals surface area contributed by atoms with Crippen LogP contribution in [-0.4, -0.2) is 24.1 Å². The summed E-state index contributed by atoms with van der Waals surface area (Å²) < 4.78 is 10.9. The van der Waals surface area contributed by atoms with E-state index in [-0.39, 0.29) is 11.9 Å². The number of hydrogen-bond acceptors (Lipinski definition) is 4. The number of aryl methyl sites for hydroxylation is 2. The highest BCUT2D eigenvalue weighted by Gasteiger charge is 2.28. The van der Waals surface area contributed by atoms with Crippen LogP contribution in [-0.2, 0) is 4.74 Å². The topological polar surface area (TPSA) is 64.4 Å². The molecule has 2 aromatic heterocycles. The number of pyridine rings is 1. The van der Waals surface area contributed by atoms with Gasteiger partial charge in [0.05, 0.1) is 11.6 Å². The Morgan fingerprint density at radius 1 is 1.35 bits per heavy atom. The summed E-state index contributed by atoms with van der Waals surface area (Å²) in [5.41, 5.74) is 1.63. The zero-order valence-corrected chi connectivity index (χ0v) is 13.5. The van der Waals surface area contributed by atoms with Crippen molar-refractivity contribution in [2.45, 2.75) is 32.7 Å². The third-order valence-corrected chi connectivity index (χ3v) is 4.35. The van der Waals surface area contributed by atoms with E-state index in [1.807, 2.05) is 32.2 Å². The highest BCUT2D eigenvalue weighted by molar-refractivity contribution is 5.95. The predicted octanol–water partition coefficient (Wildman–Crippen LogP) is 3.19. The maximum Gasteiger partial charge on any atom is 0.255 e. The molecule has 0 saturated carbocycles. The molecule has 3 rings (SSSR count). The van der Waals surface area contributed by atoms with E-state index in [1.165, 1.54) is 0 Å². The van der Waals surface area contributed by atoms with Crippen LogP contribution in [0.4, 0.5) is 0 Å². The number of carbonyl (C=O) groups is 1. The molecule has 3 heterocycles.